The number of hydrogen-bond donors (Lipinski definition) is 1. The number of fused-ring (bicyclic) bond motifs is 1. The lowest BCUT2D eigenvalue weighted by molar-refractivity contribution is 0.412. The van der Waals surface area contributed by atoms with Crippen molar-refractivity contribution in [3.63, 3.8) is 0 Å². The van der Waals surface area contributed by atoms with Crippen molar-refractivity contribution in [3.05, 3.63) is 57.3 Å². The molecule has 1 aliphatic rings. The molecule has 3 aromatic rings. The van der Waals surface area contributed by atoms with E-state index in [1.807, 2.05) is 44.2 Å². The summed E-state index contributed by atoms with van der Waals surface area (Å²) >= 11 is 3.49. The quantitative estimate of drug-likeness (QED) is 0.612. The van der Waals surface area contributed by atoms with Gasteiger partial charge in [0, 0.05) is 37.9 Å². The highest BCUT2D eigenvalue weighted by Crippen LogP contribution is 2.30. The molecule has 0 unspecified atom stereocenters. The van der Waals surface area contributed by atoms with Crippen LogP contribution in [0.1, 0.15) is 13.8 Å². The maximum Gasteiger partial charge on any atom is 0.260 e. The summed E-state index contributed by atoms with van der Waals surface area (Å²) in [6.45, 7) is 7.28. The van der Waals surface area contributed by atoms with Crippen LogP contribution in [0, 0.1) is 0 Å². The summed E-state index contributed by atoms with van der Waals surface area (Å²) < 4.78 is 6.33. The van der Waals surface area contributed by atoms with E-state index in [9.17, 15) is 4.79 Å². The van der Waals surface area contributed by atoms with Crippen LogP contribution in [-0.4, -0.2) is 43.3 Å². The van der Waals surface area contributed by atoms with Crippen LogP contribution in [0.25, 0.3) is 10.9 Å². The summed E-state index contributed by atoms with van der Waals surface area (Å²) in [6.07, 6.45) is 0. The van der Waals surface area contributed by atoms with Gasteiger partial charge in [-0.2, -0.15) is 13.5 Å². The number of para-hydroxylation sites is 1. The molecule has 1 aromatic heterocycles. The van der Waals surface area contributed by atoms with Crippen LogP contribution in [0.3, 0.4) is 0 Å². The monoisotopic (exact) mass is 478 g/mol. The average Bonchev–Trinajstić information content (AvgIpc) is 2.75. The first-order valence-corrected chi connectivity index (χ1v) is 10.3. The Bertz CT molecular complexity index is 1000. The Kier molecular flexibility index (Phi) is 8.40. The molecule has 1 saturated heterocycles. The molecule has 2 heterocycles. The minimum Gasteiger partial charge on any atom is -0.495 e. The first-order valence-electron chi connectivity index (χ1n) is 9.48. The number of H-pyrrole nitrogens is 1. The van der Waals surface area contributed by atoms with E-state index in [1.54, 1.807) is 13.2 Å². The molecule has 0 saturated carbocycles. The number of nitrogens with zero attached hydrogens (tertiary/aromatic N) is 3. The maximum absolute atomic E-state index is 12.3. The Morgan fingerprint density at radius 1 is 1.03 bits per heavy atom. The highest BCUT2D eigenvalue weighted by Gasteiger charge is 2.20. The van der Waals surface area contributed by atoms with E-state index in [2.05, 4.69) is 41.8 Å². The molecule has 0 radical (unpaired) electrons. The van der Waals surface area contributed by atoms with Gasteiger partial charge in [-0.15, -0.1) is 0 Å². The van der Waals surface area contributed by atoms with E-state index in [0.717, 1.165) is 47.6 Å². The number of nitrogens with one attached hydrogen (secondary N) is 1. The maximum atomic E-state index is 12.3. The first-order chi connectivity index (χ1) is 13.7. The topological polar surface area (TPSA) is 61.5 Å². The molecular weight excluding hydrogens is 452 g/mol. The van der Waals surface area contributed by atoms with Gasteiger partial charge in [0.15, 0.2) is 0 Å². The van der Waals surface area contributed by atoms with Crippen LogP contribution in [0.2, 0.25) is 0 Å². The molecule has 0 aliphatic carbocycles. The van der Waals surface area contributed by atoms with E-state index in [-0.39, 0.29) is 19.1 Å². The Labute approximate surface area is 186 Å². The number of aromatic nitrogens is 2. The summed E-state index contributed by atoms with van der Waals surface area (Å²) in [5.74, 6) is 1.46. The average molecular weight is 479 g/mol. The van der Waals surface area contributed by atoms with Gasteiger partial charge in [0.2, 0.25) is 5.95 Å². The number of hydrogen-bond acceptors (Lipinski definition) is 5. The molecule has 0 amide bonds. The number of rotatable bonds is 3. The third kappa shape index (κ3) is 5.05. The number of aromatic amines is 1. The Morgan fingerprint density at radius 3 is 2.38 bits per heavy atom. The standard InChI is InChI=1S/C19H19BrN4O2.C2H6.H2S/c1-26-17-12-13(6-7-15(17)20)23-8-10-24(11-9-23)19-21-16-5-3-2-4-14(16)18(25)22-19;1-2;/h2-7,12H,8-11H2,1H3,(H,21,22,25);1-2H3;1H2. The van der Waals surface area contributed by atoms with Crippen molar-refractivity contribution < 1.29 is 4.74 Å². The molecule has 0 spiro atoms. The summed E-state index contributed by atoms with van der Waals surface area (Å²) in [6, 6.07) is 13.5. The van der Waals surface area contributed by atoms with Crippen LogP contribution in [0.4, 0.5) is 11.6 Å². The van der Waals surface area contributed by atoms with Crippen LogP contribution < -0.4 is 20.1 Å². The number of anilines is 2. The molecule has 6 nitrogen and oxygen atoms in total. The Hall–Kier alpha value is -2.19. The predicted octanol–water partition coefficient (Wildman–Crippen LogP) is 4.16. The molecule has 156 valence electrons. The van der Waals surface area contributed by atoms with E-state index < -0.39 is 0 Å². The highest BCUT2D eigenvalue weighted by molar-refractivity contribution is 9.10. The van der Waals surface area contributed by atoms with E-state index in [1.165, 1.54) is 0 Å². The molecule has 8 heteroatoms. The van der Waals surface area contributed by atoms with Gasteiger partial charge in [-0.3, -0.25) is 9.78 Å². The SMILES string of the molecule is CC.COc1cc(N2CCN(c3nc4ccccc4c(=O)[nH]3)CC2)ccc1Br.S. The molecule has 0 atom stereocenters. The van der Waals surface area contributed by atoms with Gasteiger partial charge in [-0.25, -0.2) is 4.98 Å². The van der Waals surface area contributed by atoms with Crippen molar-refractivity contribution in [2.24, 2.45) is 0 Å². The third-order valence-corrected chi connectivity index (χ3v) is 5.33. The smallest absolute Gasteiger partial charge is 0.260 e. The molecule has 29 heavy (non-hydrogen) atoms. The Morgan fingerprint density at radius 2 is 1.69 bits per heavy atom. The fourth-order valence-corrected chi connectivity index (χ4v) is 3.65. The highest BCUT2D eigenvalue weighted by atomic mass is 79.9. The molecular formula is C21H27BrN4O2S. The van der Waals surface area contributed by atoms with Crippen LogP contribution in [-0.2, 0) is 0 Å². The zero-order valence-corrected chi connectivity index (χ0v) is 19.5. The largest absolute Gasteiger partial charge is 0.495 e. The lowest BCUT2D eigenvalue weighted by atomic mass is 10.2. The Balaban J connectivity index is 0.000000970. The second-order valence-corrected chi connectivity index (χ2v) is 7.05. The molecule has 4 rings (SSSR count). The molecule has 0 bridgehead atoms. The van der Waals surface area contributed by atoms with Gasteiger partial charge in [-0.05, 0) is 40.2 Å². The summed E-state index contributed by atoms with van der Waals surface area (Å²) in [7, 11) is 1.67. The zero-order valence-electron chi connectivity index (χ0n) is 16.9. The van der Waals surface area contributed by atoms with E-state index >= 15 is 0 Å². The molecule has 2 aromatic carbocycles. The fourth-order valence-electron chi connectivity index (χ4n) is 3.25. The minimum absolute atomic E-state index is 0. The lowest BCUT2D eigenvalue weighted by Gasteiger charge is -2.36. The van der Waals surface area contributed by atoms with Crippen molar-refractivity contribution in [1.82, 2.24) is 9.97 Å². The number of halogens is 1. The number of benzene rings is 2. The minimum atomic E-state index is -0.0920. The zero-order chi connectivity index (χ0) is 20.1. The van der Waals surface area contributed by atoms with Crippen LogP contribution in [0.5, 0.6) is 5.75 Å². The summed E-state index contributed by atoms with van der Waals surface area (Å²) in [5, 5.41) is 0.622. The van der Waals surface area contributed by atoms with Gasteiger partial charge in [0.25, 0.3) is 5.56 Å². The van der Waals surface area contributed by atoms with Crippen LogP contribution >= 0.6 is 29.4 Å². The van der Waals surface area contributed by atoms with Gasteiger partial charge in [-0.1, -0.05) is 26.0 Å². The summed E-state index contributed by atoms with van der Waals surface area (Å²) in [5.41, 5.74) is 1.77. The third-order valence-electron chi connectivity index (χ3n) is 4.68. The van der Waals surface area contributed by atoms with Crippen molar-refractivity contribution in [3.8, 4) is 5.75 Å². The first kappa shape index (κ1) is 23.1. The fraction of sp³-hybridized carbons (Fsp3) is 0.333. The molecule has 1 aliphatic heterocycles. The van der Waals surface area contributed by atoms with Crippen molar-refractivity contribution >= 4 is 52.0 Å². The molecule has 1 N–H and O–H groups in total. The molecule has 1 fully saturated rings. The van der Waals surface area contributed by atoms with Gasteiger partial charge < -0.3 is 14.5 Å². The van der Waals surface area contributed by atoms with Crippen molar-refractivity contribution in [1.29, 1.82) is 0 Å². The van der Waals surface area contributed by atoms with Gasteiger partial charge >= 0.3 is 0 Å². The van der Waals surface area contributed by atoms with E-state index in [0.29, 0.717) is 11.3 Å². The normalized spacial score (nSPS) is 13.4. The van der Waals surface area contributed by atoms with Crippen LogP contribution in [0.15, 0.2) is 51.7 Å². The van der Waals surface area contributed by atoms with Crippen molar-refractivity contribution in [2.75, 3.05) is 43.1 Å². The second kappa shape index (κ2) is 10.5. The lowest BCUT2D eigenvalue weighted by Crippen LogP contribution is -2.47. The van der Waals surface area contributed by atoms with Crippen molar-refractivity contribution in [2.45, 2.75) is 13.8 Å². The predicted molar refractivity (Wildman–Crippen MR) is 129 cm³/mol. The van der Waals surface area contributed by atoms with E-state index in [4.69, 9.17) is 4.74 Å². The number of piperazine rings is 1. The number of methoxy groups -OCH3 is 1. The summed E-state index contributed by atoms with van der Waals surface area (Å²) in [4.78, 5) is 24.3. The van der Waals surface area contributed by atoms with Gasteiger partial charge in [0.05, 0.1) is 22.5 Å². The number of ether oxygens (including phenoxy) is 1. The van der Waals surface area contributed by atoms with Gasteiger partial charge in [0.1, 0.15) is 5.75 Å². The second-order valence-electron chi connectivity index (χ2n) is 6.20.